The zero-order chi connectivity index (χ0) is 12.3. The van der Waals surface area contributed by atoms with Gasteiger partial charge in [-0.1, -0.05) is 29.8 Å². The Morgan fingerprint density at radius 3 is 2.47 bits per heavy atom. The SMILES string of the molecule is Fc1ccc(COc2ccccc2Cl)cc1F. The molecule has 4 heteroatoms. The van der Waals surface area contributed by atoms with Crippen LogP contribution in [-0.4, -0.2) is 0 Å². The fourth-order valence-electron chi connectivity index (χ4n) is 1.35. The highest BCUT2D eigenvalue weighted by atomic mass is 35.5. The second kappa shape index (κ2) is 5.15. The van der Waals surface area contributed by atoms with Gasteiger partial charge in [0.15, 0.2) is 11.6 Å². The molecule has 0 aliphatic rings. The number of hydrogen-bond donors (Lipinski definition) is 0. The molecule has 0 unspecified atom stereocenters. The number of ether oxygens (including phenoxy) is 1. The van der Waals surface area contributed by atoms with E-state index in [1.807, 2.05) is 0 Å². The predicted octanol–water partition coefficient (Wildman–Crippen LogP) is 4.20. The molecule has 0 fully saturated rings. The third-order valence-electron chi connectivity index (χ3n) is 2.22. The molecule has 0 saturated carbocycles. The molecule has 2 rings (SSSR count). The fraction of sp³-hybridized carbons (Fsp3) is 0.0769. The van der Waals surface area contributed by atoms with Crippen LogP contribution in [0.3, 0.4) is 0 Å². The lowest BCUT2D eigenvalue weighted by Crippen LogP contribution is -1.97. The Morgan fingerprint density at radius 1 is 1.00 bits per heavy atom. The Labute approximate surface area is 103 Å². The van der Waals surface area contributed by atoms with E-state index in [0.29, 0.717) is 16.3 Å². The van der Waals surface area contributed by atoms with Gasteiger partial charge in [-0.05, 0) is 29.8 Å². The molecule has 2 aromatic carbocycles. The van der Waals surface area contributed by atoms with Crippen molar-refractivity contribution in [1.82, 2.24) is 0 Å². The monoisotopic (exact) mass is 254 g/mol. The van der Waals surface area contributed by atoms with Crippen molar-refractivity contribution in [2.75, 3.05) is 0 Å². The normalized spacial score (nSPS) is 10.3. The van der Waals surface area contributed by atoms with Crippen molar-refractivity contribution in [3.8, 4) is 5.75 Å². The largest absolute Gasteiger partial charge is 0.487 e. The number of hydrogen-bond acceptors (Lipinski definition) is 1. The first-order valence-electron chi connectivity index (χ1n) is 4.98. The summed E-state index contributed by atoms with van der Waals surface area (Å²) < 4.78 is 31.0. The molecule has 0 radical (unpaired) electrons. The van der Waals surface area contributed by atoms with Crippen LogP contribution in [0, 0.1) is 11.6 Å². The van der Waals surface area contributed by atoms with E-state index in [1.165, 1.54) is 6.07 Å². The van der Waals surface area contributed by atoms with Gasteiger partial charge in [-0.25, -0.2) is 8.78 Å². The molecule has 0 spiro atoms. The minimum atomic E-state index is -0.884. The van der Waals surface area contributed by atoms with E-state index in [2.05, 4.69) is 0 Å². The molecule has 0 aliphatic carbocycles. The van der Waals surface area contributed by atoms with Gasteiger partial charge in [-0.3, -0.25) is 0 Å². The van der Waals surface area contributed by atoms with Crippen LogP contribution in [0.25, 0.3) is 0 Å². The smallest absolute Gasteiger partial charge is 0.159 e. The second-order valence-corrected chi connectivity index (χ2v) is 3.87. The quantitative estimate of drug-likeness (QED) is 0.798. The average molecular weight is 255 g/mol. The number of rotatable bonds is 3. The lowest BCUT2D eigenvalue weighted by molar-refractivity contribution is 0.305. The maximum Gasteiger partial charge on any atom is 0.159 e. The number of halogens is 3. The van der Waals surface area contributed by atoms with E-state index in [4.69, 9.17) is 16.3 Å². The van der Waals surface area contributed by atoms with Crippen molar-refractivity contribution in [3.63, 3.8) is 0 Å². The van der Waals surface area contributed by atoms with Crippen LogP contribution >= 0.6 is 11.6 Å². The molecule has 0 heterocycles. The van der Waals surface area contributed by atoms with E-state index < -0.39 is 11.6 Å². The first-order valence-corrected chi connectivity index (χ1v) is 5.36. The third kappa shape index (κ3) is 2.94. The summed E-state index contributed by atoms with van der Waals surface area (Å²) in [5.74, 6) is -1.24. The molecule has 17 heavy (non-hydrogen) atoms. The molecule has 0 N–H and O–H groups in total. The zero-order valence-electron chi connectivity index (χ0n) is 8.79. The van der Waals surface area contributed by atoms with Crippen LogP contribution in [0.1, 0.15) is 5.56 Å². The van der Waals surface area contributed by atoms with Gasteiger partial charge in [0.05, 0.1) is 5.02 Å². The van der Waals surface area contributed by atoms with E-state index >= 15 is 0 Å². The summed E-state index contributed by atoms with van der Waals surface area (Å²) in [5, 5.41) is 0.482. The van der Waals surface area contributed by atoms with Crippen molar-refractivity contribution in [2.45, 2.75) is 6.61 Å². The minimum Gasteiger partial charge on any atom is -0.487 e. The summed E-state index contributed by atoms with van der Waals surface area (Å²) in [7, 11) is 0. The molecule has 1 nitrogen and oxygen atoms in total. The van der Waals surface area contributed by atoms with Gasteiger partial charge < -0.3 is 4.74 Å². The summed E-state index contributed by atoms with van der Waals surface area (Å²) >= 11 is 5.89. The van der Waals surface area contributed by atoms with Crippen molar-refractivity contribution in [1.29, 1.82) is 0 Å². The van der Waals surface area contributed by atoms with Crippen LogP contribution in [0.4, 0.5) is 8.78 Å². The second-order valence-electron chi connectivity index (χ2n) is 3.47. The van der Waals surface area contributed by atoms with Gasteiger partial charge in [0.1, 0.15) is 12.4 Å². The van der Waals surface area contributed by atoms with E-state index in [0.717, 1.165) is 12.1 Å². The van der Waals surface area contributed by atoms with Crippen molar-refractivity contribution < 1.29 is 13.5 Å². The van der Waals surface area contributed by atoms with Gasteiger partial charge in [0.25, 0.3) is 0 Å². The molecule has 0 amide bonds. The fourth-order valence-corrected chi connectivity index (χ4v) is 1.54. The molecule has 0 saturated heterocycles. The lowest BCUT2D eigenvalue weighted by atomic mass is 10.2. The Balaban J connectivity index is 2.08. The van der Waals surface area contributed by atoms with Crippen LogP contribution < -0.4 is 4.74 Å². The highest BCUT2D eigenvalue weighted by Crippen LogP contribution is 2.24. The van der Waals surface area contributed by atoms with Gasteiger partial charge in [0, 0.05) is 0 Å². The first-order chi connectivity index (χ1) is 8.16. The maximum absolute atomic E-state index is 12.9. The van der Waals surface area contributed by atoms with Crippen LogP contribution in [0.15, 0.2) is 42.5 Å². The molecule has 0 bridgehead atoms. The standard InChI is InChI=1S/C13H9ClF2O/c14-10-3-1-2-4-13(10)17-8-9-5-6-11(15)12(16)7-9/h1-7H,8H2. The maximum atomic E-state index is 12.9. The Morgan fingerprint density at radius 2 is 1.76 bits per heavy atom. The molecule has 0 atom stereocenters. The zero-order valence-corrected chi connectivity index (χ0v) is 9.55. The number of para-hydroxylation sites is 1. The van der Waals surface area contributed by atoms with Gasteiger partial charge in [0.2, 0.25) is 0 Å². The average Bonchev–Trinajstić information content (AvgIpc) is 2.32. The molecular weight excluding hydrogens is 246 g/mol. The summed E-state index contributed by atoms with van der Waals surface area (Å²) in [4.78, 5) is 0. The molecule has 88 valence electrons. The number of benzene rings is 2. The molecular formula is C13H9ClF2O. The molecule has 0 aromatic heterocycles. The highest BCUT2D eigenvalue weighted by Gasteiger charge is 2.04. The van der Waals surface area contributed by atoms with Crippen LogP contribution in [-0.2, 0) is 6.61 Å². The third-order valence-corrected chi connectivity index (χ3v) is 2.53. The van der Waals surface area contributed by atoms with Crippen molar-refractivity contribution in [2.24, 2.45) is 0 Å². The Hall–Kier alpha value is -1.61. The molecule has 0 aliphatic heterocycles. The highest BCUT2D eigenvalue weighted by molar-refractivity contribution is 6.32. The summed E-state index contributed by atoms with van der Waals surface area (Å²) in [6.45, 7) is 0.140. The Kier molecular flexibility index (Phi) is 3.59. The van der Waals surface area contributed by atoms with Crippen LogP contribution in [0.2, 0.25) is 5.02 Å². The van der Waals surface area contributed by atoms with Crippen molar-refractivity contribution in [3.05, 3.63) is 64.7 Å². The van der Waals surface area contributed by atoms with Gasteiger partial charge in [-0.15, -0.1) is 0 Å². The summed E-state index contributed by atoms with van der Waals surface area (Å²) in [5.41, 5.74) is 0.545. The van der Waals surface area contributed by atoms with E-state index in [1.54, 1.807) is 24.3 Å². The first kappa shape index (κ1) is 11.9. The lowest BCUT2D eigenvalue weighted by Gasteiger charge is -2.07. The Bertz CT molecular complexity index is 529. The summed E-state index contributed by atoms with van der Waals surface area (Å²) in [6.07, 6.45) is 0. The topological polar surface area (TPSA) is 9.23 Å². The van der Waals surface area contributed by atoms with Gasteiger partial charge in [-0.2, -0.15) is 0 Å². The van der Waals surface area contributed by atoms with Gasteiger partial charge >= 0.3 is 0 Å². The summed E-state index contributed by atoms with van der Waals surface area (Å²) in [6, 6.07) is 10.6. The molecule has 2 aromatic rings. The van der Waals surface area contributed by atoms with Crippen LogP contribution in [0.5, 0.6) is 5.75 Å². The van der Waals surface area contributed by atoms with Crippen molar-refractivity contribution >= 4 is 11.6 Å². The minimum absolute atomic E-state index is 0.140. The van der Waals surface area contributed by atoms with E-state index in [9.17, 15) is 8.78 Å². The van der Waals surface area contributed by atoms with E-state index in [-0.39, 0.29) is 6.61 Å². The predicted molar refractivity (Wildman–Crippen MR) is 62.1 cm³/mol.